The van der Waals surface area contributed by atoms with Crippen LogP contribution in [0.4, 0.5) is 14.5 Å². The van der Waals surface area contributed by atoms with Crippen LogP contribution in [-0.4, -0.2) is 32.9 Å². The van der Waals surface area contributed by atoms with Crippen LogP contribution < -0.4 is 10.1 Å². The zero-order valence-electron chi connectivity index (χ0n) is 14.9. The van der Waals surface area contributed by atoms with Crippen molar-refractivity contribution in [2.24, 2.45) is 0 Å². The molecule has 0 saturated heterocycles. The molecule has 5 nitrogen and oxygen atoms in total. The van der Waals surface area contributed by atoms with Crippen molar-refractivity contribution >= 4 is 15.7 Å². The fourth-order valence-electron chi connectivity index (χ4n) is 2.55. The smallest absolute Gasteiger partial charge is 0.243 e. The van der Waals surface area contributed by atoms with Crippen molar-refractivity contribution in [1.82, 2.24) is 4.31 Å². The highest BCUT2D eigenvalue weighted by Crippen LogP contribution is 2.29. The van der Waals surface area contributed by atoms with Crippen LogP contribution in [0.3, 0.4) is 0 Å². The number of rotatable bonds is 8. The van der Waals surface area contributed by atoms with E-state index in [4.69, 9.17) is 4.74 Å². The van der Waals surface area contributed by atoms with Crippen LogP contribution in [0.2, 0.25) is 0 Å². The molecule has 0 bridgehead atoms. The van der Waals surface area contributed by atoms with Gasteiger partial charge < -0.3 is 10.1 Å². The summed E-state index contributed by atoms with van der Waals surface area (Å²) in [5.41, 5.74) is 0.966. The molecule has 2 aromatic rings. The molecule has 2 aromatic carbocycles. The van der Waals surface area contributed by atoms with Gasteiger partial charge in [-0.2, -0.15) is 4.31 Å². The fraction of sp³-hybridized carbons (Fsp3) is 0.333. The molecule has 8 heteroatoms. The number of sulfonamides is 1. The van der Waals surface area contributed by atoms with Crippen LogP contribution in [-0.2, 0) is 16.6 Å². The molecule has 0 saturated carbocycles. The number of halogens is 2. The quantitative estimate of drug-likeness (QED) is 0.755. The summed E-state index contributed by atoms with van der Waals surface area (Å²) < 4.78 is 58.3. The largest absolute Gasteiger partial charge is 0.495 e. The number of hydrogen-bond acceptors (Lipinski definition) is 4. The normalized spacial score (nSPS) is 11.6. The Morgan fingerprint density at radius 3 is 2.31 bits per heavy atom. The zero-order valence-corrected chi connectivity index (χ0v) is 15.7. The average Bonchev–Trinajstić information content (AvgIpc) is 2.63. The minimum atomic E-state index is -3.62. The molecule has 0 heterocycles. The first-order chi connectivity index (χ1) is 12.3. The third-order valence-corrected chi connectivity index (χ3v) is 6.03. The third kappa shape index (κ3) is 4.31. The topological polar surface area (TPSA) is 58.6 Å². The standard InChI is InChI=1S/C18H22F2N2O3S/c1-4-22(5-2)26(23,24)14-7-9-18(25-3)17(11-14)21-12-13-6-8-15(19)16(20)10-13/h6-11,21H,4-5,12H2,1-3H3. The van der Waals surface area contributed by atoms with Crippen LogP contribution in [0.5, 0.6) is 5.75 Å². The van der Waals surface area contributed by atoms with Crippen molar-refractivity contribution in [3.63, 3.8) is 0 Å². The van der Waals surface area contributed by atoms with Crippen LogP contribution in [0.1, 0.15) is 19.4 Å². The first-order valence-corrected chi connectivity index (χ1v) is 9.63. The van der Waals surface area contributed by atoms with E-state index in [9.17, 15) is 17.2 Å². The molecule has 0 atom stereocenters. The van der Waals surface area contributed by atoms with E-state index in [0.717, 1.165) is 12.1 Å². The minimum absolute atomic E-state index is 0.134. The average molecular weight is 384 g/mol. The molecule has 26 heavy (non-hydrogen) atoms. The van der Waals surface area contributed by atoms with E-state index >= 15 is 0 Å². The molecular formula is C18H22F2N2O3S. The van der Waals surface area contributed by atoms with E-state index in [-0.39, 0.29) is 11.4 Å². The van der Waals surface area contributed by atoms with Gasteiger partial charge in [-0.15, -0.1) is 0 Å². The third-order valence-electron chi connectivity index (χ3n) is 3.98. The molecule has 0 amide bonds. The van der Waals surface area contributed by atoms with Crippen LogP contribution in [0.25, 0.3) is 0 Å². The van der Waals surface area contributed by atoms with E-state index in [1.54, 1.807) is 19.9 Å². The second-order valence-corrected chi connectivity index (χ2v) is 7.49. The molecule has 0 unspecified atom stereocenters. The maximum atomic E-state index is 13.3. The Balaban J connectivity index is 2.31. The van der Waals surface area contributed by atoms with E-state index in [0.29, 0.717) is 30.1 Å². The minimum Gasteiger partial charge on any atom is -0.495 e. The van der Waals surface area contributed by atoms with Gasteiger partial charge in [-0.3, -0.25) is 0 Å². The van der Waals surface area contributed by atoms with E-state index in [1.807, 2.05) is 0 Å². The van der Waals surface area contributed by atoms with Crippen molar-refractivity contribution < 1.29 is 21.9 Å². The zero-order chi connectivity index (χ0) is 19.3. The second kappa shape index (κ2) is 8.46. The summed E-state index contributed by atoms with van der Waals surface area (Å²) in [4.78, 5) is 0.134. The van der Waals surface area contributed by atoms with Gasteiger partial charge in [-0.05, 0) is 35.9 Å². The lowest BCUT2D eigenvalue weighted by Crippen LogP contribution is -2.30. The number of nitrogens with one attached hydrogen (secondary N) is 1. The summed E-state index contributed by atoms with van der Waals surface area (Å²) in [6.07, 6.45) is 0. The van der Waals surface area contributed by atoms with Crippen molar-refractivity contribution in [3.8, 4) is 5.75 Å². The van der Waals surface area contributed by atoms with E-state index < -0.39 is 21.7 Å². The van der Waals surface area contributed by atoms with Gasteiger partial charge >= 0.3 is 0 Å². The van der Waals surface area contributed by atoms with Gasteiger partial charge in [0.15, 0.2) is 11.6 Å². The van der Waals surface area contributed by atoms with Gasteiger partial charge in [0.1, 0.15) is 5.75 Å². The van der Waals surface area contributed by atoms with Gasteiger partial charge in [0.05, 0.1) is 17.7 Å². The molecule has 0 aliphatic rings. The Labute approximate surface area is 152 Å². The Morgan fingerprint density at radius 2 is 1.73 bits per heavy atom. The lowest BCUT2D eigenvalue weighted by Gasteiger charge is -2.20. The summed E-state index contributed by atoms with van der Waals surface area (Å²) >= 11 is 0. The highest BCUT2D eigenvalue weighted by atomic mass is 32.2. The molecule has 0 radical (unpaired) electrons. The molecule has 0 spiro atoms. The predicted octanol–water partition coefficient (Wildman–Crippen LogP) is 3.62. The number of hydrogen-bond donors (Lipinski definition) is 1. The highest BCUT2D eigenvalue weighted by Gasteiger charge is 2.22. The summed E-state index contributed by atoms with van der Waals surface area (Å²) in [5.74, 6) is -1.40. The van der Waals surface area contributed by atoms with E-state index in [1.165, 1.54) is 29.6 Å². The molecule has 1 N–H and O–H groups in total. The molecule has 142 valence electrons. The Hall–Kier alpha value is -2.19. The molecule has 0 aromatic heterocycles. The Morgan fingerprint density at radius 1 is 1.04 bits per heavy atom. The van der Waals surface area contributed by atoms with Gasteiger partial charge in [0.25, 0.3) is 0 Å². The fourth-order valence-corrected chi connectivity index (χ4v) is 4.03. The van der Waals surface area contributed by atoms with Gasteiger partial charge in [0, 0.05) is 19.6 Å². The summed E-state index contributed by atoms with van der Waals surface area (Å²) in [6.45, 7) is 4.45. The van der Waals surface area contributed by atoms with Crippen molar-refractivity contribution in [3.05, 3.63) is 53.6 Å². The number of ether oxygens (including phenoxy) is 1. The molecule has 0 fully saturated rings. The molecule has 0 aliphatic heterocycles. The molecule has 2 rings (SSSR count). The number of nitrogens with zero attached hydrogens (tertiary/aromatic N) is 1. The highest BCUT2D eigenvalue weighted by molar-refractivity contribution is 7.89. The predicted molar refractivity (Wildman–Crippen MR) is 96.8 cm³/mol. The van der Waals surface area contributed by atoms with Crippen LogP contribution in [0, 0.1) is 11.6 Å². The van der Waals surface area contributed by atoms with Crippen LogP contribution >= 0.6 is 0 Å². The lowest BCUT2D eigenvalue weighted by molar-refractivity contribution is 0.415. The number of benzene rings is 2. The maximum absolute atomic E-state index is 13.3. The van der Waals surface area contributed by atoms with Gasteiger partial charge in [-0.1, -0.05) is 19.9 Å². The van der Waals surface area contributed by atoms with E-state index in [2.05, 4.69) is 5.32 Å². The summed E-state index contributed by atoms with van der Waals surface area (Å²) in [5, 5.41) is 3.02. The molecular weight excluding hydrogens is 362 g/mol. The first kappa shape index (κ1) is 20.1. The van der Waals surface area contributed by atoms with Crippen molar-refractivity contribution in [2.45, 2.75) is 25.3 Å². The Bertz CT molecular complexity index is 869. The molecule has 0 aliphatic carbocycles. The lowest BCUT2D eigenvalue weighted by atomic mass is 10.2. The maximum Gasteiger partial charge on any atom is 0.243 e. The van der Waals surface area contributed by atoms with Crippen molar-refractivity contribution in [2.75, 3.05) is 25.5 Å². The SMILES string of the molecule is CCN(CC)S(=O)(=O)c1ccc(OC)c(NCc2ccc(F)c(F)c2)c1. The number of methoxy groups -OCH3 is 1. The first-order valence-electron chi connectivity index (χ1n) is 8.19. The summed E-state index contributed by atoms with van der Waals surface area (Å²) in [6, 6.07) is 8.11. The second-order valence-electron chi connectivity index (χ2n) is 5.55. The summed E-state index contributed by atoms with van der Waals surface area (Å²) in [7, 11) is -2.15. The monoisotopic (exact) mass is 384 g/mol. The van der Waals surface area contributed by atoms with Gasteiger partial charge in [0.2, 0.25) is 10.0 Å². The number of anilines is 1. The van der Waals surface area contributed by atoms with Crippen molar-refractivity contribution in [1.29, 1.82) is 0 Å². The Kier molecular flexibility index (Phi) is 6.55. The van der Waals surface area contributed by atoms with Gasteiger partial charge in [-0.25, -0.2) is 17.2 Å². The van der Waals surface area contributed by atoms with Crippen LogP contribution in [0.15, 0.2) is 41.3 Å².